The molecule has 0 saturated heterocycles. The van der Waals surface area contributed by atoms with Gasteiger partial charge in [0.1, 0.15) is 5.82 Å². The van der Waals surface area contributed by atoms with Crippen LogP contribution in [-0.4, -0.2) is 37.6 Å². The van der Waals surface area contributed by atoms with Gasteiger partial charge in [-0.05, 0) is 30.5 Å². The molecule has 0 aliphatic heterocycles. The minimum atomic E-state index is -0.162. The number of guanidine groups is 1. The summed E-state index contributed by atoms with van der Waals surface area (Å²) in [7, 11) is 1.77. The van der Waals surface area contributed by atoms with Crippen molar-refractivity contribution in [3.63, 3.8) is 0 Å². The van der Waals surface area contributed by atoms with E-state index in [1.54, 1.807) is 19.2 Å². The third kappa shape index (κ3) is 4.77. The molecule has 0 atom stereocenters. The molecular formula is C17H24FN3S. The summed E-state index contributed by atoms with van der Waals surface area (Å²) in [5.41, 5.74) is 1.15. The Kier molecular flexibility index (Phi) is 6.31. The molecule has 0 spiro atoms. The van der Waals surface area contributed by atoms with Crippen molar-refractivity contribution in [1.29, 1.82) is 0 Å². The van der Waals surface area contributed by atoms with Crippen molar-refractivity contribution in [2.24, 2.45) is 4.99 Å². The molecule has 2 rings (SSSR count). The molecule has 3 nitrogen and oxygen atoms in total. The summed E-state index contributed by atoms with van der Waals surface area (Å²) in [6.45, 7) is 5.36. The zero-order valence-corrected chi connectivity index (χ0v) is 13.9. The molecule has 0 bridgehead atoms. The van der Waals surface area contributed by atoms with Crippen molar-refractivity contribution in [1.82, 2.24) is 10.6 Å². The highest BCUT2D eigenvalue weighted by Crippen LogP contribution is 2.47. The van der Waals surface area contributed by atoms with Gasteiger partial charge in [-0.1, -0.05) is 18.2 Å². The Hall–Kier alpha value is -1.49. The first-order valence-electron chi connectivity index (χ1n) is 7.59. The van der Waals surface area contributed by atoms with Gasteiger partial charge in [0.05, 0.1) is 0 Å². The molecule has 0 heterocycles. The average molecular weight is 321 g/mol. The molecule has 1 aromatic rings. The van der Waals surface area contributed by atoms with E-state index in [2.05, 4.69) is 22.2 Å². The molecule has 0 aromatic heterocycles. The summed E-state index contributed by atoms with van der Waals surface area (Å²) in [6, 6.07) is 6.94. The lowest BCUT2D eigenvalue weighted by atomic mass is 9.96. The van der Waals surface area contributed by atoms with Crippen molar-refractivity contribution in [3.8, 4) is 0 Å². The van der Waals surface area contributed by atoms with Gasteiger partial charge in [0.25, 0.3) is 0 Å². The predicted molar refractivity (Wildman–Crippen MR) is 94.2 cm³/mol. The van der Waals surface area contributed by atoms with Crippen molar-refractivity contribution in [2.75, 3.05) is 31.6 Å². The monoisotopic (exact) mass is 321 g/mol. The van der Waals surface area contributed by atoms with Gasteiger partial charge in [-0.15, -0.1) is 6.58 Å². The number of nitrogens with zero attached hydrogens (tertiary/aromatic N) is 1. The maximum absolute atomic E-state index is 13.4. The van der Waals surface area contributed by atoms with Gasteiger partial charge in [0.2, 0.25) is 0 Å². The van der Waals surface area contributed by atoms with Crippen LogP contribution in [-0.2, 0) is 5.41 Å². The van der Waals surface area contributed by atoms with Crippen molar-refractivity contribution >= 4 is 17.7 Å². The molecule has 1 aliphatic carbocycles. The van der Waals surface area contributed by atoms with Gasteiger partial charge < -0.3 is 10.6 Å². The summed E-state index contributed by atoms with van der Waals surface area (Å²) >= 11 is 1.84. The summed E-state index contributed by atoms with van der Waals surface area (Å²) in [6.07, 6.45) is 4.10. The second-order valence-electron chi connectivity index (χ2n) is 5.51. The fraction of sp³-hybridized carbons (Fsp3) is 0.471. The van der Waals surface area contributed by atoms with Gasteiger partial charge in [-0.25, -0.2) is 4.39 Å². The number of aliphatic imine (C=N–C) groups is 1. The van der Waals surface area contributed by atoms with Crippen LogP contribution < -0.4 is 10.6 Å². The number of hydrogen-bond donors (Lipinski definition) is 2. The highest BCUT2D eigenvalue weighted by Gasteiger charge is 2.44. The highest BCUT2D eigenvalue weighted by molar-refractivity contribution is 7.99. The number of nitrogens with one attached hydrogen (secondary N) is 2. The van der Waals surface area contributed by atoms with Crippen LogP contribution in [0.1, 0.15) is 18.4 Å². The number of hydrogen-bond acceptors (Lipinski definition) is 2. The normalized spacial score (nSPS) is 16.2. The Morgan fingerprint density at radius 2 is 2.27 bits per heavy atom. The summed E-state index contributed by atoms with van der Waals surface area (Å²) in [4.78, 5) is 4.24. The maximum atomic E-state index is 13.4. The lowest BCUT2D eigenvalue weighted by Gasteiger charge is -2.19. The van der Waals surface area contributed by atoms with Crippen LogP contribution in [0, 0.1) is 5.82 Å². The topological polar surface area (TPSA) is 36.4 Å². The van der Waals surface area contributed by atoms with E-state index in [0.29, 0.717) is 0 Å². The van der Waals surface area contributed by atoms with Crippen LogP contribution in [0.4, 0.5) is 4.39 Å². The van der Waals surface area contributed by atoms with Crippen LogP contribution in [0.3, 0.4) is 0 Å². The number of benzene rings is 1. The lowest BCUT2D eigenvalue weighted by molar-refractivity contribution is 0.607. The highest BCUT2D eigenvalue weighted by atomic mass is 32.2. The van der Waals surface area contributed by atoms with Gasteiger partial charge >= 0.3 is 0 Å². The van der Waals surface area contributed by atoms with Crippen LogP contribution in [0.5, 0.6) is 0 Å². The fourth-order valence-electron chi connectivity index (χ4n) is 2.42. The SMILES string of the molecule is C=CCSCCNC(=NC)NCC1(c2cccc(F)c2)CC1. The molecular weight excluding hydrogens is 297 g/mol. The summed E-state index contributed by atoms with van der Waals surface area (Å²) in [5.74, 6) is 2.63. The zero-order chi connectivity index (χ0) is 15.8. The van der Waals surface area contributed by atoms with Gasteiger partial charge in [0, 0.05) is 37.1 Å². The molecule has 0 radical (unpaired) electrons. The molecule has 2 N–H and O–H groups in total. The van der Waals surface area contributed by atoms with Gasteiger partial charge in [-0.2, -0.15) is 11.8 Å². The lowest BCUT2D eigenvalue weighted by Crippen LogP contribution is -2.42. The molecule has 22 heavy (non-hydrogen) atoms. The third-order valence-corrected chi connectivity index (χ3v) is 4.85. The van der Waals surface area contributed by atoms with E-state index in [-0.39, 0.29) is 11.2 Å². The standard InChI is InChI=1S/C17H24FN3S/c1-3-10-22-11-9-20-16(19-2)21-13-17(7-8-17)14-5-4-6-15(18)12-14/h3-6,12H,1,7-11,13H2,2H3,(H2,19,20,21). The van der Waals surface area contributed by atoms with Crippen molar-refractivity contribution in [2.45, 2.75) is 18.3 Å². The first-order chi connectivity index (χ1) is 10.7. The Morgan fingerprint density at radius 1 is 1.45 bits per heavy atom. The van der Waals surface area contributed by atoms with Crippen LogP contribution in [0.2, 0.25) is 0 Å². The van der Waals surface area contributed by atoms with E-state index in [9.17, 15) is 4.39 Å². The molecule has 1 aromatic carbocycles. The molecule has 1 fully saturated rings. The second-order valence-corrected chi connectivity index (χ2v) is 6.66. The Labute approximate surface area is 136 Å². The molecule has 0 amide bonds. The van der Waals surface area contributed by atoms with Crippen LogP contribution in [0.15, 0.2) is 41.9 Å². The van der Waals surface area contributed by atoms with E-state index >= 15 is 0 Å². The Bertz CT molecular complexity index is 526. The molecule has 1 aliphatic rings. The molecule has 1 saturated carbocycles. The average Bonchev–Trinajstić information content (AvgIpc) is 3.31. The number of rotatable bonds is 8. The van der Waals surface area contributed by atoms with Gasteiger partial charge in [-0.3, -0.25) is 4.99 Å². The number of halogens is 1. The van der Waals surface area contributed by atoms with E-state index < -0.39 is 0 Å². The van der Waals surface area contributed by atoms with E-state index in [1.807, 2.05) is 23.9 Å². The predicted octanol–water partition coefficient (Wildman–Crippen LogP) is 2.94. The Balaban J connectivity index is 1.79. The molecule has 5 heteroatoms. The second kappa shape index (κ2) is 8.22. The van der Waals surface area contributed by atoms with Gasteiger partial charge in [0.15, 0.2) is 5.96 Å². The first kappa shape index (κ1) is 16.9. The maximum Gasteiger partial charge on any atom is 0.191 e. The summed E-state index contributed by atoms with van der Waals surface area (Å²) < 4.78 is 13.4. The first-order valence-corrected chi connectivity index (χ1v) is 8.75. The minimum Gasteiger partial charge on any atom is -0.356 e. The van der Waals surface area contributed by atoms with Crippen LogP contribution >= 0.6 is 11.8 Å². The molecule has 0 unspecified atom stereocenters. The largest absolute Gasteiger partial charge is 0.356 e. The number of thioether (sulfide) groups is 1. The fourth-order valence-corrected chi connectivity index (χ4v) is 3.00. The minimum absolute atomic E-state index is 0.0668. The molecule has 120 valence electrons. The Morgan fingerprint density at radius 3 is 2.91 bits per heavy atom. The van der Waals surface area contributed by atoms with Crippen molar-refractivity contribution < 1.29 is 4.39 Å². The van der Waals surface area contributed by atoms with E-state index in [0.717, 1.165) is 49.0 Å². The zero-order valence-electron chi connectivity index (χ0n) is 13.1. The quantitative estimate of drug-likeness (QED) is 0.334. The van der Waals surface area contributed by atoms with E-state index in [1.165, 1.54) is 6.07 Å². The third-order valence-electron chi connectivity index (χ3n) is 3.88. The van der Waals surface area contributed by atoms with Crippen molar-refractivity contribution in [3.05, 3.63) is 48.3 Å². The summed E-state index contributed by atoms with van der Waals surface area (Å²) in [5, 5.41) is 6.67. The van der Waals surface area contributed by atoms with E-state index in [4.69, 9.17) is 0 Å². The van der Waals surface area contributed by atoms with Crippen LogP contribution in [0.25, 0.3) is 0 Å². The smallest absolute Gasteiger partial charge is 0.191 e.